The summed E-state index contributed by atoms with van der Waals surface area (Å²) in [6.07, 6.45) is 4.54. The number of nitrogens with one attached hydrogen (secondary N) is 1. The topological polar surface area (TPSA) is 106 Å². The van der Waals surface area contributed by atoms with E-state index >= 15 is 0 Å². The quantitative estimate of drug-likeness (QED) is 0.592. The van der Waals surface area contributed by atoms with Crippen LogP contribution in [0.25, 0.3) is 0 Å². The van der Waals surface area contributed by atoms with Crippen LogP contribution in [0.15, 0.2) is 0 Å². The highest BCUT2D eigenvalue weighted by molar-refractivity contribution is 6.02. The van der Waals surface area contributed by atoms with Crippen LogP contribution in [0.3, 0.4) is 0 Å². The van der Waals surface area contributed by atoms with Gasteiger partial charge in [-0.25, -0.2) is 4.79 Å². The van der Waals surface area contributed by atoms with Gasteiger partial charge in [-0.3, -0.25) is 9.59 Å². The molecule has 4 bridgehead atoms. The molecule has 2 atom stereocenters. The number of aryl methyl sites for hydroxylation is 1. The molecule has 4 fully saturated rings. The highest BCUT2D eigenvalue weighted by atomic mass is 16.5. The molecule has 0 radical (unpaired) electrons. The van der Waals surface area contributed by atoms with Gasteiger partial charge in [-0.1, -0.05) is 0 Å². The predicted octanol–water partition coefficient (Wildman–Crippen LogP) is 2.48. The Balaban J connectivity index is 1.46. The van der Waals surface area contributed by atoms with Crippen LogP contribution >= 0.6 is 0 Å². The fourth-order valence-corrected chi connectivity index (χ4v) is 6.25. The van der Waals surface area contributed by atoms with E-state index in [1.807, 2.05) is 0 Å². The summed E-state index contributed by atoms with van der Waals surface area (Å²) in [7, 11) is 1.29. The molecule has 0 aliphatic heterocycles. The van der Waals surface area contributed by atoms with Gasteiger partial charge < -0.3 is 19.6 Å². The Kier molecular flexibility index (Phi) is 4.41. The van der Waals surface area contributed by atoms with E-state index in [4.69, 9.17) is 9.47 Å². The van der Waals surface area contributed by atoms with Crippen molar-refractivity contribution in [3.63, 3.8) is 0 Å². The molecule has 7 nitrogen and oxygen atoms in total. The number of esters is 2. The smallest absolute Gasteiger partial charge is 0.339 e. The van der Waals surface area contributed by atoms with Crippen LogP contribution in [0.4, 0.5) is 0 Å². The van der Waals surface area contributed by atoms with E-state index in [-0.39, 0.29) is 24.1 Å². The zero-order chi connectivity index (χ0) is 20.3. The molecule has 7 heteroatoms. The second-order valence-corrected chi connectivity index (χ2v) is 9.08. The van der Waals surface area contributed by atoms with E-state index in [0.717, 1.165) is 32.1 Å². The molecule has 1 heterocycles. The lowest BCUT2D eigenvalue weighted by molar-refractivity contribution is -0.195. The van der Waals surface area contributed by atoms with Crippen molar-refractivity contribution in [2.75, 3.05) is 13.7 Å². The van der Waals surface area contributed by atoms with E-state index in [2.05, 4.69) is 4.98 Å². The van der Waals surface area contributed by atoms with Gasteiger partial charge in [-0.15, -0.1) is 0 Å². The summed E-state index contributed by atoms with van der Waals surface area (Å²) in [6.45, 7) is 2.98. The van der Waals surface area contributed by atoms with Gasteiger partial charge in [0.05, 0.1) is 29.4 Å². The monoisotopic (exact) mass is 389 g/mol. The third-order valence-corrected chi connectivity index (χ3v) is 6.90. The summed E-state index contributed by atoms with van der Waals surface area (Å²) >= 11 is 0. The zero-order valence-electron chi connectivity index (χ0n) is 16.6. The maximum atomic E-state index is 12.9. The van der Waals surface area contributed by atoms with E-state index in [9.17, 15) is 19.5 Å². The molecular weight excluding hydrogens is 362 g/mol. The number of hydrogen-bond acceptors (Lipinski definition) is 6. The number of ketones is 1. The average molecular weight is 389 g/mol. The minimum Gasteiger partial charge on any atom is -0.465 e. The molecule has 4 aliphatic rings. The number of H-pyrrole nitrogens is 1. The van der Waals surface area contributed by atoms with Crippen molar-refractivity contribution in [2.24, 2.45) is 17.3 Å². The van der Waals surface area contributed by atoms with Crippen LogP contribution < -0.4 is 0 Å². The van der Waals surface area contributed by atoms with Crippen molar-refractivity contribution >= 4 is 17.7 Å². The standard InChI is InChI=1S/C21H27NO6/c1-11-16(18(24)27-3)12(2)22-17(11)15(23)9-28-19(25)20-5-13-4-14(6-20)8-21(26,7-13)10-20/h13-14,22,26H,4-10H2,1-3H3/t13-,14-,20?,21?/m1/s1. The van der Waals surface area contributed by atoms with E-state index < -0.39 is 17.0 Å². The fourth-order valence-electron chi connectivity index (χ4n) is 6.25. The van der Waals surface area contributed by atoms with Crippen LogP contribution in [0.5, 0.6) is 0 Å². The van der Waals surface area contributed by atoms with Crippen molar-refractivity contribution in [1.82, 2.24) is 4.98 Å². The first-order valence-corrected chi connectivity index (χ1v) is 9.87. The highest BCUT2D eigenvalue weighted by Gasteiger charge is 2.60. The molecular formula is C21H27NO6. The first-order chi connectivity index (χ1) is 13.2. The van der Waals surface area contributed by atoms with Crippen molar-refractivity contribution in [1.29, 1.82) is 0 Å². The number of methoxy groups -OCH3 is 1. The minimum absolute atomic E-state index is 0.259. The lowest BCUT2D eigenvalue weighted by atomic mass is 9.48. The third-order valence-electron chi connectivity index (χ3n) is 6.90. The molecule has 0 amide bonds. The second-order valence-electron chi connectivity index (χ2n) is 9.08. The van der Waals surface area contributed by atoms with Gasteiger partial charge in [0.1, 0.15) is 0 Å². The zero-order valence-corrected chi connectivity index (χ0v) is 16.6. The molecule has 4 aliphatic carbocycles. The molecule has 152 valence electrons. The average Bonchev–Trinajstić information content (AvgIpc) is 2.91. The first kappa shape index (κ1) is 19.2. The summed E-state index contributed by atoms with van der Waals surface area (Å²) in [6, 6.07) is 0. The Morgan fingerprint density at radius 1 is 1.14 bits per heavy atom. The largest absolute Gasteiger partial charge is 0.465 e. The number of rotatable bonds is 5. The summed E-state index contributed by atoms with van der Waals surface area (Å²) in [5.74, 6) is -0.532. The van der Waals surface area contributed by atoms with E-state index in [1.54, 1.807) is 13.8 Å². The molecule has 0 aromatic carbocycles. The maximum absolute atomic E-state index is 12.9. The lowest BCUT2D eigenvalue weighted by Gasteiger charge is -2.58. The van der Waals surface area contributed by atoms with Gasteiger partial charge in [0.15, 0.2) is 6.61 Å². The molecule has 5 rings (SSSR count). The van der Waals surface area contributed by atoms with Crippen LogP contribution in [0.1, 0.15) is 70.6 Å². The number of ether oxygens (including phenoxy) is 2. The first-order valence-electron chi connectivity index (χ1n) is 9.87. The molecule has 0 saturated heterocycles. The van der Waals surface area contributed by atoms with Gasteiger partial charge in [-0.2, -0.15) is 0 Å². The van der Waals surface area contributed by atoms with Crippen molar-refractivity contribution in [3.05, 3.63) is 22.5 Å². The SMILES string of the molecule is COC(=O)c1c(C)[nH]c(C(=O)COC(=O)C23C[C@H]4C[C@@H](CC(O)(C4)C2)C3)c1C. The van der Waals surface area contributed by atoms with Crippen LogP contribution in [0, 0.1) is 31.1 Å². The summed E-state index contributed by atoms with van der Waals surface area (Å²) in [5.41, 5.74) is 0.222. The van der Waals surface area contributed by atoms with Crippen LogP contribution in [-0.2, 0) is 14.3 Å². The number of Topliss-reactive ketones (excluding diaryl/α,β-unsaturated/α-hetero) is 1. The second kappa shape index (κ2) is 6.44. The number of hydrogen-bond donors (Lipinski definition) is 2. The fraction of sp³-hybridized carbons (Fsp3) is 0.667. The molecule has 2 N–H and O–H groups in total. The Bertz CT molecular complexity index is 839. The molecule has 28 heavy (non-hydrogen) atoms. The lowest BCUT2D eigenvalue weighted by Crippen LogP contribution is -2.58. The van der Waals surface area contributed by atoms with Gasteiger partial charge in [0.2, 0.25) is 5.78 Å². The number of carbonyl (C=O) groups is 3. The molecule has 1 aromatic rings. The van der Waals surface area contributed by atoms with Crippen molar-refractivity contribution < 1.29 is 29.0 Å². The van der Waals surface area contributed by atoms with E-state index in [1.165, 1.54) is 7.11 Å². The Hall–Kier alpha value is -2.15. The van der Waals surface area contributed by atoms with E-state index in [0.29, 0.717) is 35.1 Å². The molecule has 1 aromatic heterocycles. The highest BCUT2D eigenvalue weighted by Crippen LogP contribution is 2.61. The Morgan fingerprint density at radius 2 is 1.79 bits per heavy atom. The number of aromatic nitrogens is 1. The summed E-state index contributed by atoms with van der Waals surface area (Å²) in [5, 5.41) is 10.8. The normalized spacial score (nSPS) is 33.0. The molecule has 0 spiro atoms. The van der Waals surface area contributed by atoms with Crippen LogP contribution in [0.2, 0.25) is 0 Å². The van der Waals surface area contributed by atoms with Gasteiger partial charge in [0, 0.05) is 5.69 Å². The number of aromatic amines is 1. The van der Waals surface area contributed by atoms with Crippen molar-refractivity contribution in [2.45, 2.75) is 58.0 Å². The summed E-state index contributed by atoms with van der Waals surface area (Å²) < 4.78 is 10.2. The third kappa shape index (κ3) is 2.96. The summed E-state index contributed by atoms with van der Waals surface area (Å²) in [4.78, 5) is 40.3. The number of carbonyl (C=O) groups excluding carboxylic acids is 3. The number of aliphatic hydroxyl groups is 1. The van der Waals surface area contributed by atoms with Gasteiger partial charge in [0.25, 0.3) is 0 Å². The molecule has 4 saturated carbocycles. The minimum atomic E-state index is -0.754. The van der Waals surface area contributed by atoms with Gasteiger partial charge >= 0.3 is 11.9 Å². The maximum Gasteiger partial charge on any atom is 0.339 e. The Morgan fingerprint density at radius 3 is 2.36 bits per heavy atom. The van der Waals surface area contributed by atoms with Crippen LogP contribution in [-0.4, -0.2) is 47.1 Å². The predicted molar refractivity (Wildman–Crippen MR) is 99.0 cm³/mol. The van der Waals surface area contributed by atoms with Crippen molar-refractivity contribution in [3.8, 4) is 0 Å². The Labute approximate surface area is 163 Å². The molecule has 0 unspecified atom stereocenters. The van der Waals surface area contributed by atoms with Gasteiger partial charge in [-0.05, 0) is 69.8 Å².